The van der Waals surface area contributed by atoms with Gasteiger partial charge in [0.25, 0.3) is 0 Å². The van der Waals surface area contributed by atoms with E-state index in [1.807, 2.05) is 0 Å². The van der Waals surface area contributed by atoms with E-state index in [1.165, 1.54) is 5.69 Å². The number of hydrogen-bond acceptors (Lipinski definition) is 0. The van der Waals surface area contributed by atoms with Gasteiger partial charge in [0.2, 0.25) is 0 Å². The maximum Gasteiger partial charge on any atom is 0.178 e. The lowest BCUT2D eigenvalue weighted by atomic mass is 10.4. The summed E-state index contributed by atoms with van der Waals surface area (Å²) in [4.78, 5) is 0. The maximum absolute atomic E-state index is 2.21. The van der Waals surface area contributed by atoms with Gasteiger partial charge in [0.1, 0.15) is 6.54 Å². The predicted octanol–water partition coefficient (Wildman–Crippen LogP) is -1.69. The number of halogens is 1. The van der Waals surface area contributed by atoms with Gasteiger partial charge in [-0.15, -0.1) is 0 Å². The van der Waals surface area contributed by atoms with Crippen LogP contribution in [-0.2, 0) is 6.54 Å². The average molecular weight is 249 g/mol. The van der Waals surface area contributed by atoms with Gasteiger partial charge in [-0.3, -0.25) is 0 Å². The van der Waals surface area contributed by atoms with Gasteiger partial charge in [-0.25, -0.2) is 4.57 Å². The van der Waals surface area contributed by atoms with Crippen molar-refractivity contribution in [2.24, 2.45) is 0 Å². The number of aryl methyl sites for hydroxylation is 2. The number of hydrogen-bond donors (Lipinski definition) is 0. The van der Waals surface area contributed by atoms with Gasteiger partial charge in [0.05, 0.1) is 0 Å². The Balaban J connectivity index is 0.000000810. The molecule has 1 heterocycles. The fourth-order valence-electron chi connectivity index (χ4n) is 0.917. The molecule has 56 valence electrons. The quantitative estimate of drug-likeness (QED) is 0.413. The molecular weight excluding hydrogens is 237 g/mol. The van der Waals surface area contributed by atoms with Crippen LogP contribution in [0.4, 0.5) is 0 Å². The van der Waals surface area contributed by atoms with Crippen molar-refractivity contribution in [3.63, 3.8) is 0 Å². The van der Waals surface area contributed by atoms with Crippen molar-refractivity contribution < 1.29 is 28.5 Å². The van der Waals surface area contributed by atoms with Crippen LogP contribution < -0.4 is 28.5 Å². The third-order valence-electron chi connectivity index (χ3n) is 1.51. The fourth-order valence-corrected chi connectivity index (χ4v) is 0.917. The van der Waals surface area contributed by atoms with Crippen LogP contribution in [-0.4, -0.2) is 0 Å². The Hall–Kier alpha value is -0.120. The molecule has 0 saturated carbocycles. The highest BCUT2D eigenvalue weighted by atomic mass is 127. The van der Waals surface area contributed by atoms with Gasteiger partial charge in [-0.05, 0) is 6.92 Å². The molecule has 0 amide bonds. The third kappa shape index (κ3) is 2.25. The zero-order chi connectivity index (χ0) is 6.69. The molecule has 1 aromatic heterocycles. The fraction of sp³-hybridized carbons (Fsp3) is 0.375. The van der Waals surface area contributed by atoms with Crippen LogP contribution in [0.2, 0.25) is 0 Å². The minimum Gasteiger partial charge on any atom is -1.00 e. The summed E-state index contributed by atoms with van der Waals surface area (Å²) in [5, 5.41) is 0. The normalized spacial score (nSPS) is 8.60. The first-order chi connectivity index (χ1) is 4.34. The molecule has 2 heteroatoms. The predicted molar refractivity (Wildman–Crippen MR) is 37.0 cm³/mol. The first-order valence-corrected chi connectivity index (χ1v) is 3.29. The molecule has 1 nitrogen and oxygen atoms in total. The summed E-state index contributed by atoms with van der Waals surface area (Å²) in [5.74, 6) is 0. The summed E-state index contributed by atoms with van der Waals surface area (Å²) < 4.78 is 2.21. The lowest BCUT2D eigenvalue weighted by Crippen LogP contribution is -3.00. The van der Waals surface area contributed by atoms with Crippen LogP contribution in [0.5, 0.6) is 0 Å². The molecule has 0 bridgehead atoms. The van der Waals surface area contributed by atoms with Crippen molar-refractivity contribution in [3.8, 4) is 0 Å². The molecule has 1 aromatic rings. The largest absolute Gasteiger partial charge is 1.00 e. The van der Waals surface area contributed by atoms with Crippen LogP contribution in [0.15, 0.2) is 24.4 Å². The monoisotopic (exact) mass is 249 g/mol. The molecule has 0 aliphatic rings. The van der Waals surface area contributed by atoms with Gasteiger partial charge in [0.15, 0.2) is 11.9 Å². The van der Waals surface area contributed by atoms with Crippen molar-refractivity contribution in [3.05, 3.63) is 30.1 Å². The van der Waals surface area contributed by atoms with E-state index >= 15 is 0 Å². The van der Waals surface area contributed by atoms with Crippen molar-refractivity contribution in [1.82, 2.24) is 0 Å². The first kappa shape index (κ1) is 9.88. The molecular formula is C8H12IN. The molecule has 0 aromatic carbocycles. The van der Waals surface area contributed by atoms with Crippen molar-refractivity contribution in [2.75, 3.05) is 0 Å². The van der Waals surface area contributed by atoms with Gasteiger partial charge >= 0.3 is 0 Å². The Morgan fingerprint density at radius 3 is 2.50 bits per heavy atom. The highest BCUT2D eigenvalue weighted by molar-refractivity contribution is 4.93. The molecule has 10 heavy (non-hydrogen) atoms. The lowest BCUT2D eigenvalue weighted by Gasteiger charge is -1.92. The van der Waals surface area contributed by atoms with Crippen molar-refractivity contribution in [2.45, 2.75) is 20.4 Å². The smallest absolute Gasteiger partial charge is 0.178 e. The van der Waals surface area contributed by atoms with Gasteiger partial charge in [-0.2, -0.15) is 0 Å². The first-order valence-electron chi connectivity index (χ1n) is 3.29. The van der Waals surface area contributed by atoms with Gasteiger partial charge in [0, 0.05) is 19.1 Å². The van der Waals surface area contributed by atoms with Crippen LogP contribution >= 0.6 is 0 Å². The molecule has 1 rings (SSSR count). The SMILES string of the molecule is CC[n+]1ccccc1C.[I-]. The second-order valence-corrected chi connectivity index (χ2v) is 2.13. The Bertz CT molecular complexity index is 198. The highest BCUT2D eigenvalue weighted by Gasteiger charge is 1.96. The molecule has 0 saturated heterocycles. The number of nitrogens with zero attached hydrogens (tertiary/aromatic N) is 1. The van der Waals surface area contributed by atoms with E-state index < -0.39 is 0 Å². The summed E-state index contributed by atoms with van der Waals surface area (Å²) in [7, 11) is 0. The lowest BCUT2D eigenvalue weighted by molar-refractivity contribution is -0.699. The second-order valence-electron chi connectivity index (χ2n) is 2.13. The van der Waals surface area contributed by atoms with E-state index in [9.17, 15) is 0 Å². The molecule has 0 fully saturated rings. The zero-order valence-corrected chi connectivity index (χ0v) is 8.50. The van der Waals surface area contributed by atoms with Crippen LogP contribution in [0.25, 0.3) is 0 Å². The average Bonchev–Trinajstić information content (AvgIpc) is 1.89. The van der Waals surface area contributed by atoms with E-state index in [1.54, 1.807) is 0 Å². The minimum atomic E-state index is 0. The molecule has 0 radical (unpaired) electrons. The van der Waals surface area contributed by atoms with E-state index in [-0.39, 0.29) is 24.0 Å². The zero-order valence-electron chi connectivity index (χ0n) is 6.34. The summed E-state index contributed by atoms with van der Waals surface area (Å²) >= 11 is 0. The molecule has 0 aliphatic heterocycles. The number of rotatable bonds is 1. The Labute approximate surface area is 79.1 Å². The molecule has 0 atom stereocenters. The Morgan fingerprint density at radius 2 is 2.10 bits per heavy atom. The number of aromatic nitrogens is 1. The number of pyridine rings is 1. The van der Waals surface area contributed by atoms with Crippen LogP contribution in [0, 0.1) is 6.92 Å². The summed E-state index contributed by atoms with van der Waals surface area (Å²) in [6.45, 7) is 5.32. The summed E-state index contributed by atoms with van der Waals surface area (Å²) in [6, 6.07) is 6.22. The summed E-state index contributed by atoms with van der Waals surface area (Å²) in [6.07, 6.45) is 2.09. The maximum atomic E-state index is 2.21. The van der Waals surface area contributed by atoms with E-state index in [2.05, 4.69) is 42.8 Å². The standard InChI is InChI=1S/C8H12N.HI/c1-3-9-7-5-4-6-8(9)2;/h4-7H,3H2,1-2H3;1H/q+1;/p-1. The van der Waals surface area contributed by atoms with E-state index in [0.29, 0.717) is 0 Å². The highest BCUT2D eigenvalue weighted by Crippen LogP contribution is 1.85. The molecule has 0 aliphatic carbocycles. The Kier molecular flexibility index (Phi) is 4.60. The van der Waals surface area contributed by atoms with Gasteiger partial charge in [-0.1, -0.05) is 6.07 Å². The van der Waals surface area contributed by atoms with E-state index in [4.69, 9.17) is 0 Å². The molecule has 0 N–H and O–H groups in total. The topological polar surface area (TPSA) is 3.88 Å². The van der Waals surface area contributed by atoms with Gasteiger partial charge < -0.3 is 24.0 Å². The van der Waals surface area contributed by atoms with Crippen LogP contribution in [0.1, 0.15) is 12.6 Å². The van der Waals surface area contributed by atoms with Crippen molar-refractivity contribution in [1.29, 1.82) is 0 Å². The van der Waals surface area contributed by atoms with E-state index in [0.717, 1.165) is 6.54 Å². The van der Waals surface area contributed by atoms with Crippen molar-refractivity contribution >= 4 is 0 Å². The second kappa shape index (κ2) is 4.66. The molecule has 0 spiro atoms. The third-order valence-corrected chi connectivity index (χ3v) is 1.51. The Morgan fingerprint density at radius 1 is 1.40 bits per heavy atom. The minimum absolute atomic E-state index is 0. The summed E-state index contributed by atoms with van der Waals surface area (Å²) in [5.41, 5.74) is 1.32. The van der Waals surface area contributed by atoms with Crippen LogP contribution in [0.3, 0.4) is 0 Å². The molecule has 0 unspecified atom stereocenters.